The van der Waals surface area contributed by atoms with Gasteiger partial charge in [0.25, 0.3) is 11.8 Å². The summed E-state index contributed by atoms with van der Waals surface area (Å²) in [6, 6.07) is 21.8. The maximum absolute atomic E-state index is 12.8. The summed E-state index contributed by atoms with van der Waals surface area (Å²) in [5.41, 5.74) is 1.19. The van der Waals surface area contributed by atoms with Crippen LogP contribution in [0.3, 0.4) is 0 Å². The van der Waals surface area contributed by atoms with Crippen molar-refractivity contribution >= 4 is 35.2 Å². The number of hydrogen-bond donors (Lipinski definition) is 3. The van der Waals surface area contributed by atoms with E-state index in [2.05, 4.69) is 10.6 Å². The zero-order valence-corrected chi connectivity index (χ0v) is 15.5. The quantitative estimate of drug-likeness (QED) is 0.443. The standard InChI is InChI=1S/C22H17ClN2O3/c23-17-11-5-4-10-16(17)14-19(25-21(27)15-8-2-1-3-9-15)22(28)24-18-12-6-7-13-20(18)26/h1-14,26H,(H,24,28)(H,25,27)/b19-14+. The number of halogens is 1. The molecule has 3 aromatic carbocycles. The Balaban J connectivity index is 1.92. The minimum Gasteiger partial charge on any atom is -0.506 e. The molecule has 0 bridgehead atoms. The topological polar surface area (TPSA) is 78.4 Å². The van der Waals surface area contributed by atoms with E-state index in [1.165, 1.54) is 12.1 Å². The predicted molar refractivity (Wildman–Crippen MR) is 110 cm³/mol. The number of anilines is 1. The lowest BCUT2D eigenvalue weighted by Gasteiger charge is -2.12. The van der Waals surface area contributed by atoms with E-state index >= 15 is 0 Å². The second-order valence-corrected chi connectivity index (χ2v) is 6.28. The zero-order chi connectivity index (χ0) is 19.9. The molecule has 0 fully saturated rings. The van der Waals surface area contributed by atoms with Crippen LogP contribution in [-0.2, 0) is 4.79 Å². The molecule has 0 saturated heterocycles. The fourth-order valence-electron chi connectivity index (χ4n) is 2.46. The summed E-state index contributed by atoms with van der Waals surface area (Å²) in [6.07, 6.45) is 1.48. The van der Waals surface area contributed by atoms with Crippen LogP contribution in [0.1, 0.15) is 15.9 Å². The van der Waals surface area contributed by atoms with Crippen LogP contribution < -0.4 is 10.6 Å². The Labute approximate surface area is 167 Å². The summed E-state index contributed by atoms with van der Waals surface area (Å²) >= 11 is 6.18. The van der Waals surface area contributed by atoms with Gasteiger partial charge in [-0.3, -0.25) is 9.59 Å². The van der Waals surface area contributed by atoms with Crippen LogP contribution in [0.2, 0.25) is 5.02 Å². The molecule has 3 rings (SSSR count). The van der Waals surface area contributed by atoms with Crippen molar-refractivity contribution in [3.63, 3.8) is 0 Å². The summed E-state index contributed by atoms with van der Waals surface area (Å²) in [7, 11) is 0. The number of nitrogens with one attached hydrogen (secondary N) is 2. The van der Waals surface area contributed by atoms with Crippen LogP contribution in [0.5, 0.6) is 5.75 Å². The van der Waals surface area contributed by atoms with Gasteiger partial charge in [-0.1, -0.05) is 60.1 Å². The number of benzene rings is 3. The number of carbonyl (C=O) groups excluding carboxylic acids is 2. The summed E-state index contributed by atoms with van der Waals surface area (Å²) in [5, 5.41) is 15.5. The molecule has 3 aromatic rings. The van der Waals surface area contributed by atoms with Crippen molar-refractivity contribution in [3.8, 4) is 5.75 Å². The molecule has 0 aliphatic heterocycles. The van der Waals surface area contributed by atoms with Crippen LogP contribution in [0, 0.1) is 0 Å². The van der Waals surface area contributed by atoms with Crippen LogP contribution >= 0.6 is 11.6 Å². The van der Waals surface area contributed by atoms with E-state index < -0.39 is 11.8 Å². The van der Waals surface area contributed by atoms with Gasteiger partial charge in [0.1, 0.15) is 11.4 Å². The summed E-state index contributed by atoms with van der Waals surface area (Å²) in [4.78, 5) is 25.3. The van der Waals surface area contributed by atoms with Crippen molar-refractivity contribution < 1.29 is 14.7 Å². The Kier molecular flexibility index (Phi) is 6.09. The molecule has 28 heavy (non-hydrogen) atoms. The van der Waals surface area contributed by atoms with Crippen LogP contribution in [0.15, 0.2) is 84.6 Å². The van der Waals surface area contributed by atoms with Gasteiger partial charge in [-0.15, -0.1) is 0 Å². The molecule has 0 aliphatic rings. The van der Waals surface area contributed by atoms with Crippen molar-refractivity contribution in [1.82, 2.24) is 5.32 Å². The van der Waals surface area contributed by atoms with Gasteiger partial charge in [-0.25, -0.2) is 0 Å². The lowest BCUT2D eigenvalue weighted by molar-refractivity contribution is -0.113. The van der Waals surface area contributed by atoms with E-state index in [0.717, 1.165) is 0 Å². The average molecular weight is 393 g/mol. The van der Waals surface area contributed by atoms with Crippen LogP contribution in [0.25, 0.3) is 6.08 Å². The first-order valence-corrected chi connectivity index (χ1v) is 8.84. The van der Waals surface area contributed by atoms with E-state index in [9.17, 15) is 14.7 Å². The fourth-order valence-corrected chi connectivity index (χ4v) is 2.65. The summed E-state index contributed by atoms with van der Waals surface area (Å²) < 4.78 is 0. The normalized spacial score (nSPS) is 11.0. The number of phenols is 1. The third kappa shape index (κ3) is 4.78. The van der Waals surface area contributed by atoms with Crippen molar-refractivity contribution in [2.75, 3.05) is 5.32 Å². The number of hydrogen-bond acceptors (Lipinski definition) is 3. The molecule has 0 atom stereocenters. The molecule has 0 aromatic heterocycles. The molecule has 140 valence electrons. The fraction of sp³-hybridized carbons (Fsp3) is 0. The molecule has 5 nitrogen and oxygen atoms in total. The Morgan fingerprint density at radius 1 is 0.857 bits per heavy atom. The molecule has 2 amide bonds. The number of phenolic OH excluding ortho intramolecular Hbond substituents is 1. The highest BCUT2D eigenvalue weighted by Crippen LogP contribution is 2.23. The first kappa shape index (κ1) is 19.2. The van der Waals surface area contributed by atoms with Crippen LogP contribution in [0.4, 0.5) is 5.69 Å². The van der Waals surface area contributed by atoms with Gasteiger partial charge in [0.05, 0.1) is 5.69 Å². The molecular weight excluding hydrogens is 376 g/mol. The van der Waals surface area contributed by atoms with E-state index in [1.54, 1.807) is 72.8 Å². The number of para-hydroxylation sites is 2. The molecule has 0 aliphatic carbocycles. The minimum absolute atomic E-state index is 0.00907. The smallest absolute Gasteiger partial charge is 0.272 e. The molecule has 0 radical (unpaired) electrons. The summed E-state index contributed by atoms with van der Waals surface area (Å²) in [6.45, 7) is 0. The maximum atomic E-state index is 12.8. The maximum Gasteiger partial charge on any atom is 0.272 e. The van der Waals surface area contributed by atoms with E-state index in [4.69, 9.17) is 11.6 Å². The van der Waals surface area contributed by atoms with Crippen molar-refractivity contribution in [1.29, 1.82) is 0 Å². The minimum atomic E-state index is -0.592. The van der Waals surface area contributed by atoms with Crippen molar-refractivity contribution in [2.45, 2.75) is 0 Å². The Morgan fingerprint density at radius 3 is 2.21 bits per heavy atom. The largest absolute Gasteiger partial charge is 0.506 e. The first-order chi connectivity index (χ1) is 13.5. The number of rotatable bonds is 5. The van der Waals surface area contributed by atoms with E-state index in [1.807, 2.05) is 0 Å². The molecule has 6 heteroatoms. The number of aromatic hydroxyl groups is 1. The third-order valence-electron chi connectivity index (χ3n) is 3.89. The predicted octanol–water partition coefficient (Wildman–Crippen LogP) is 4.46. The van der Waals surface area contributed by atoms with Gasteiger partial charge in [0.15, 0.2) is 0 Å². The molecule has 0 heterocycles. The van der Waals surface area contributed by atoms with Crippen molar-refractivity contribution in [2.24, 2.45) is 0 Å². The first-order valence-electron chi connectivity index (χ1n) is 8.46. The van der Waals surface area contributed by atoms with Gasteiger partial charge in [0.2, 0.25) is 0 Å². The zero-order valence-electron chi connectivity index (χ0n) is 14.7. The van der Waals surface area contributed by atoms with E-state index in [-0.39, 0.29) is 17.1 Å². The SMILES string of the molecule is O=C(Nc1ccccc1O)/C(=C\c1ccccc1Cl)NC(=O)c1ccccc1. The van der Waals surface area contributed by atoms with Gasteiger partial charge >= 0.3 is 0 Å². The molecule has 0 unspecified atom stereocenters. The van der Waals surface area contributed by atoms with Crippen LogP contribution in [-0.4, -0.2) is 16.9 Å². The lowest BCUT2D eigenvalue weighted by Crippen LogP contribution is -2.30. The average Bonchev–Trinajstić information content (AvgIpc) is 2.71. The Morgan fingerprint density at radius 2 is 1.50 bits per heavy atom. The van der Waals surface area contributed by atoms with Crippen molar-refractivity contribution in [3.05, 3.63) is 101 Å². The van der Waals surface area contributed by atoms with Gasteiger partial charge in [-0.2, -0.15) is 0 Å². The van der Waals surface area contributed by atoms with E-state index in [0.29, 0.717) is 16.1 Å². The molecule has 3 N–H and O–H groups in total. The van der Waals surface area contributed by atoms with Gasteiger partial charge < -0.3 is 15.7 Å². The second-order valence-electron chi connectivity index (χ2n) is 5.87. The Hall–Kier alpha value is -3.57. The van der Waals surface area contributed by atoms with Gasteiger partial charge in [-0.05, 0) is 42.0 Å². The summed E-state index contributed by atoms with van der Waals surface area (Å²) in [5.74, 6) is -1.11. The lowest BCUT2D eigenvalue weighted by atomic mass is 10.1. The monoisotopic (exact) mass is 392 g/mol. The Bertz CT molecular complexity index is 1030. The highest BCUT2D eigenvalue weighted by atomic mass is 35.5. The molecular formula is C22H17ClN2O3. The number of amides is 2. The third-order valence-corrected chi connectivity index (χ3v) is 4.23. The highest BCUT2D eigenvalue weighted by molar-refractivity contribution is 6.32. The molecule has 0 spiro atoms. The highest BCUT2D eigenvalue weighted by Gasteiger charge is 2.16. The molecule has 0 saturated carbocycles. The van der Waals surface area contributed by atoms with Gasteiger partial charge in [0, 0.05) is 10.6 Å². The number of carbonyl (C=O) groups is 2. The second kappa shape index (κ2) is 8.88.